The number of hydrogen-bond acceptors (Lipinski definition) is 3. The van der Waals surface area contributed by atoms with E-state index in [1.54, 1.807) is 36.4 Å². The molecule has 0 aromatic heterocycles. The van der Waals surface area contributed by atoms with E-state index in [2.05, 4.69) is 11.2 Å². The second-order valence-electron chi connectivity index (χ2n) is 4.59. The predicted molar refractivity (Wildman–Crippen MR) is 90.3 cm³/mol. The molecule has 0 bridgehead atoms. The summed E-state index contributed by atoms with van der Waals surface area (Å²) in [7, 11) is -2.72. The number of hydrogen-bond donors (Lipinski definition) is 0. The van der Waals surface area contributed by atoms with Gasteiger partial charge < -0.3 is 0 Å². The molecule has 0 radical (unpaired) electrons. The summed E-state index contributed by atoms with van der Waals surface area (Å²) in [4.78, 5) is 0.593. The predicted octanol–water partition coefficient (Wildman–Crippen LogP) is 3.53. The maximum Gasteiger partial charge on any atom is 0.197 e. The zero-order valence-corrected chi connectivity index (χ0v) is 13.1. The standard InChI is InChI=1S/C19H13N2OS/c20-15-18(16-21)12-14-23(22,19-9-5-2-6-10-19)13-11-17-7-3-1-4-8-17/h1-10,12H,14H2/q+1. The van der Waals surface area contributed by atoms with Crippen molar-refractivity contribution in [1.82, 2.24) is 0 Å². The van der Waals surface area contributed by atoms with Gasteiger partial charge in [-0.05, 0) is 36.3 Å². The Bertz CT molecular complexity index is 876. The number of rotatable bonds is 3. The molecule has 0 aliphatic rings. The summed E-state index contributed by atoms with van der Waals surface area (Å²) in [5, 5.41) is 20.5. The fourth-order valence-electron chi connectivity index (χ4n) is 1.82. The Labute approximate surface area is 136 Å². The smallest absolute Gasteiger partial charge is 0.192 e. The molecule has 2 aromatic rings. The van der Waals surface area contributed by atoms with Crippen LogP contribution in [0, 0.1) is 33.8 Å². The summed E-state index contributed by atoms with van der Waals surface area (Å²) in [6.07, 6.45) is 1.38. The molecule has 0 saturated heterocycles. The fourth-order valence-corrected chi connectivity index (χ4v) is 3.49. The summed E-state index contributed by atoms with van der Waals surface area (Å²) in [5.74, 6) is 2.96. The molecule has 2 rings (SSSR count). The average Bonchev–Trinajstić information content (AvgIpc) is 2.62. The van der Waals surface area contributed by atoms with E-state index in [9.17, 15) is 4.21 Å². The molecule has 23 heavy (non-hydrogen) atoms. The van der Waals surface area contributed by atoms with Crippen molar-refractivity contribution in [1.29, 1.82) is 10.5 Å². The van der Waals surface area contributed by atoms with Crippen LogP contribution < -0.4 is 0 Å². The highest BCUT2D eigenvalue weighted by molar-refractivity contribution is 8.07. The molecule has 0 heterocycles. The van der Waals surface area contributed by atoms with Crippen LogP contribution in [0.1, 0.15) is 5.56 Å². The molecule has 0 aliphatic carbocycles. The number of nitriles is 2. The van der Waals surface area contributed by atoms with Gasteiger partial charge >= 0.3 is 0 Å². The third-order valence-electron chi connectivity index (χ3n) is 3.02. The third-order valence-corrected chi connectivity index (χ3v) is 5.12. The first-order valence-electron chi connectivity index (χ1n) is 6.83. The maximum absolute atomic E-state index is 13.3. The van der Waals surface area contributed by atoms with Gasteiger partial charge in [0, 0.05) is 5.56 Å². The summed E-state index contributed by atoms with van der Waals surface area (Å²) >= 11 is 0. The van der Waals surface area contributed by atoms with E-state index >= 15 is 0 Å². The van der Waals surface area contributed by atoms with Gasteiger partial charge in [0.05, 0.1) is 0 Å². The normalized spacial score (nSPS) is 11.7. The van der Waals surface area contributed by atoms with Gasteiger partial charge in [-0.1, -0.05) is 40.6 Å². The number of nitrogens with zero attached hydrogens (tertiary/aromatic N) is 2. The Morgan fingerprint density at radius 3 is 2.09 bits per heavy atom. The quantitative estimate of drug-likeness (QED) is 0.494. The van der Waals surface area contributed by atoms with Crippen LogP contribution in [-0.2, 0) is 14.1 Å². The van der Waals surface area contributed by atoms with Crippen molar-refractivity contribution in [3.63, 3.8) is 0 Å². The first kappa shape index (κ1) is 16.2. The molecular weight excluding hydrogens is 304 g/mol. The lowest BCUT2D eigenvalue weighted by Crippen LogP contribution is -2.12. The molecule has 0 spiro atoms. The van der Waals surface area contributed by atoms with Gasteiger partial charge in [0.2, 0.25) is 0 Å². The highest BCUT2D eigenvalue weighted by Gasteiger charge is 2.28. The largest absolute Gasteiger partial charge is 0.197 e. The van der Waals surface area contributed by atoms with Crippen molar-refractivity contribution in [2.45, 2.75) is 4.90 Å². The molecule has 4 heteroatoms. The molecule has 0 N–H and O–H groups in total. The minimum Gasteiger partial charge on any atom is -0.192 e. The molecule has 0 saturated carbocycles. The van der Waals surface area contributed by atoms with Crippen LogP contribution in [0.5, 0.6) is 0 Å². The van der Waals surface area contributed by atoms with Gasteiger partial charge in [0.1, 0.15) is 17.7 Å². The first-order valence-corrected chi connectivity index (χ1v) is 8.56. The average molecular weight is 317 g/mol. The minimum atomic E-state index is -2.72. The molecule has 0 aliphatic heterocycles. The summed E-state index contributed by atoms with van der Waals surface area (Å²) in [6, 6.07) is 21.7. The van der Waals surface area contributed by atoms with Gasteiger partial charge in [-0.3, -0.25) is 0 Å². The highest BCUT2D eigenvalue weighted by Crippen LogP contribution is 2.20. The summed E-state index contributed by atoms with van der Waals surface area (Å²) in [5.41, 5.74) is 0.705. The van der Waals surface area contributed by atoms with Crippen LogP contribution in [0.2, 0.25) is 0 Å². The van der Waals surface area contributed by atoms with E-state index in [0.29, 0.717) is 4.90 Å². The molecule has 0 amide bonds. The Morgan fingerprint density at radius 2 is 1.52 bits per heavy atom. The monoisotopic (exact) mass is 317 g/mol. The van der Waals surface area contributed by atoms with Crippen LogP contribution >= 0.6 is 0 Å². The zero-order chi connectivity index (χ0) is 16.5. The first-order chi connectivity index (χ1) is 11.2. The lowest BCUT2D eigenvalue weighted by molar-refractivity contribution is 0.592. The zero-order valence-electron chi connectivity index (χ0n) is 12.3. The van der Waals surface area contributed by atoms with E-state index in [1.165, 1.54) is 6.08 Å². The number of allylic oxidation sites excluding steroid dienone is 1. The molecule has 1 atom stereocenters. The maximum atomic E-state index is 13.3. The molecule has 2 aromatic carbocycles. The van der Waals surface area contributed by atoms with Crippen LogP contribution in [-0.4, -0.2) is 5.75 Å². The molecule has 0 fully saturated rings. The van der Waals surface area contributed by atoms with Crippen LogP contribution in [0.4, 0.5) is 0 Å². The van der Waals surface area contributed by atoms with Gasteiger partial charge in [0.25, 0.3) is 0 Å². The second kappa shape index (κ2) is 7.76. The van der Waals surface area contributed by atoms with Crippen molar-refractivity contribution in [3.05, 3.63) is 77.9 Å². The molecule has 1 unspecified atom stereocenters. The third kappa shape index (κ3) is 4.42. The van der Waals surface area contributed by atoms with Crippen molar-refractivity contribution >= 4 is 9.93 Å². The van der Waals surface area contributed by atoms with E-state index in [-0.39, 0.29) is 11.3 Å². The molecular formula is C19H13N2OS+. The second-order valence-corrected chi connectivity index (χ2v) is 6.95. The van der Waals surface area contributed by atoms with E-state index < -0.39 is 9.93 Å². The Morgan fingerprint density at radius 1 is 0.957 bits per heavy atom. The lowest BCUT2D eigenvalue weighted by atomic mass is 10.2. The molecule has 3 nitrogen and oxygen atoms in total. The van der Waals surface area contributed by atoms with Gasteiger partial charge in [-0.15, -0.1) is 0 Å². The minimum absolute atomic E-state index is 0.0350. The van der Waals surface area contributed by atoms with E-state index in [1.807, 2.05) is 36.4 Å². The lowest BCUT2D eigenvalue weighted by Gasteiger charge is -2.02. The van der Waals surface area contributed by atoms with Crippen molar-refractivity contribution < 1.29 is 4.21 Å². The number of benzene rings is 2. The summed E-state index contributed by atoms with van der Waals surface area (Å²) < 4.78 is 13.3. The van der Waals surface area contributed by atoms with Crippen molar-refractivity contribution in [2.75, 3.05) is 5.75 Å². The van der Waals surface area contributed by atoms with Gasteiger partial charge in [0.15, 0.2) is 25.8 Å². The van der Waals surface area contributed by atoms with Gasteiger partial charge in [-0.2, -0.15) is 10.5 Å². The van der Waals surface area contributed by atoms with Crippen molar-refractivity contribution in [2.24, 2.45) is 0 Å². The Kier molecular flexibility index (Phi) is 5.48. The van der Waals surface area contributed by atoms with Crippen LogP contribution in [0.25, 0.3) is 0 Å². The Balaban J connectivity index is 2.44. The molecule has 110 valence electrons. The van der Waals surface area contributed by atoms with Crippen molar-refractivity contribution in [3.8, 4) is 23.3 Å². The summed E-state index contributed by atoms with van der Waals surface area (Å²) in [6.45, 7) is 0. The topological polar surface area (TPSA) is 64.7 Å². The van der Waals surface area contributed by atoms with Gasteiger partial charge in [-0.25, -0.2) is 0 Å². The Hall–Kier alpha value is -3.13. The fraction of sp³-hybridized carbons (Fsp3) is 0.0526. The SMILES string of the molecule is N#CC(C#N)=CC[S+](=O)(C#Cc1ccccc1)c1ccccc1. The van der Waals surface area contributed by atoms with Crippen LogP contribution in [0.3, 0.4) is 0 Å². The van der Waals surface area contributed by atoms with E-state index in [4.69, 9.17) is 10.5 Å². The van der Waals surface area contributed by atoms with E-state index in [0.717, 1.165) is 5.56 Å². The van der Waals surface area contributed by atoms with Crippen LogP contribution in [0.15, 0.2) is 77.2 Å². The highest BCUT2D eigenvalue weighted by atomic mass is 32.2.